The van der Waals surface area contributed by atoms with Gasteiger partial charge in [0, 0.05) is 39.0 Å². The van der Waals surface area contributed by atoms with Crippen molar-refractivity contribution in [1.29, 1.82) is 0 Å². The Labute approximate surface area is 169 Å². The molecule has 26 heavy (non-hydrogen) atoms. The average Bonchev–Trinajstić information content (AvgIpc) is 2.63. The van der Waals surface area contributed by atoms with E-state index in [1.54, 1.807) is 4.90 Å². The van der Waals surface area contributed by atoms with E-state index in [1.807, 2.05) is 48.5 Å². The number of carbonyl (C=O) groups is 2. The lowest BCUT2D eigenvalue weighted by atomic mass is 9.77. The van der Waals surface area contributed by atoms with Gasteiger partial charge in [0.05, 0.1) is 5.69 Å². The van der Waals surface area contributed by atoms with Gasteiger partial charge in [-0.2, -0.15) is 0 Å². The van der Waals surface area contributed by atoms with Gasteiger partial charge in [0.2, 0.25) is 5.91 Å². The van der Waals surface area contributed by atoms with Gasteiger partial charge in [-0.25, -0.2) is 0 Å². The van der Waals surface area contributed by atoms with Crippen molar-refractivity contribution >= 4 is 49.2 Å². The van der Waals surface area contributed by atoms with Crippen LogP contribution in [0.25, 0.3) is 0 Å². The number of allylic oxidation sites excluding steroid dienone is 2. The molecule has 0 spiro atoms. The fraction of sp³-hybridized carbons (Fsp3) is 0.238. The quantitative estimate of drug-likeness (QED) is 0.556. The van der Waals surface area contributed by atoms with Crippen LogP contribution in [0.5, 0.6) is 0 Å². The van der Waals surface area contributed by atoms with Gasteiger partial charge in [-0.15, -0.1) is 0 Å². The smallest absolute Gasteiger partial charge is 0.232 e. The molecule has 1 heterocycles. The van der Waals surface area contributed by atoms with Crippen LogP contribution in [-0.4, -0.2) is 11.7 Å². The maximum absolute atomic E-state index is 13.1. The number of halogens is 2. The van der Waals surface area contributed by atoms with Crippen LogP contribution in [0, 0.1) is 0 Å². The van der Waals surface area contributed by atoms with Crippen LogP contribution in [0.15, 0.2) is 68.7 Å². The molecule has 1 atom stereocenters. The first-order valence-corrected chi connectivity index (χ1v) is 10.2. The van der Waals surface area contributed by atoms with Crippen molar-refractivity contribution in [2.24, 2.45) is 0 Å². The number of hydrogen-bond donors (Lipinski definition) is 0. The minimum absolute atomic E-state index is 0.0334. The molecular weight excluding hydrogens is 458 g/mol. The van der Waals surface area contributed by atoms with Gasteiger partial charge in [0.25, 0.3) is 0 Å². The minimum atomic E-state index is -0.181. The number of carbonyl (C=O) groups excluding carboxylic acids is 2. The summed E-state index contributed by atoms with van der Waals surface area (Å²) in [5.74, 6) is 0.0160. The van der Waals surface area contributed by atoms with E-state index >= 15 is 0 Å². The first-order chi connectivity index (χ1) is 12.6. The van der Waals surface area contributed by atoms with E-state index < -0.39 is 0 Å². The van der Waals surface area contributed by atoms with Gasteiger partial charge in [-0.05, 0) is 52.5 Å². The van der Waals surface area contributed by atoms with Crippen LogP contribution in [0.4, 0.5) is 5.69 Å². The molecule has 0 bridgehead atoms. The predicted octanol–water partition coefficient (Wildman–Crippen LogP) is 5.74. The first-order valence-electron chi connectivity index (χ1n) is 8.66. The third-order valence-corrected chi connectivity index (χ3v) is 6.44. The van der Waals surface area contributed by atoms with E-state index in [0.29, 0.717) is 12.8 Å². The molecule has 1 aliphatic carbocycles. The number of rotatable bonds is 2. The molecule has 4 rings (SSSR count). The van der Waals surface area contributed by atoms with E-state index in [0.717, 1.165) is 44.3 Å². The Morgan fingerprint density at radius 2 is 1.58 bits per heavy atom. The van der Waals surface area contributed by atoms with Crippen LogP contribution in [-0.2, 0) is 9.59 Å². The second-order valence-electron chi connectivity index (χ2n) is 6.60. The van der Waals surface area contributed by atoms with Gasteiger partial charge in [-0.3, -0.25) is 14.5 Å². The van der Waals surface area contributed by atoms with Crippen LogP contribution >= 0.6 is 31.9 Å². The molecule has 0 N–H and O–H groups in total. The maximum Gasteiger partial charge on any atom is 0.232 e. The zero-order chi connectivity index (χ0) is 18.3. The van der Waals surface area contributed by atoms with Crippen molar-refractivity contribution in [1.82, 2.24) is 0 Å². The van der Waals surface area contributed by atoms with Crippen LogP contribution in [0.1, 0.15) is 37.2 Å². The van der Waals surface area contributed by atoms with Gasteiger partial charge < -0.3 is 0 Å². The Hall–Kier alpha value is -1.72. The van der Waals surface area contributed by atoms with Crippen molar-refractivity contribution in [3.63, 3.8) is 0 Å². The summed E-state index contributed by atoms with van der Waals surface area (Å²) in [6, 6.07) is 15.6. The standard InChI is InChI=1S/C21H17Br2NO2/c22-15-7-2-1-6-13(15)14-12-20(26)24(17-9-4-3-8-16(17)23)18-10-5-11-19(25)21(14)18/h1-4,6-9,14H,5,10-12H2. The Balaban J connectivity index is 1.91. The topological polar surface area (TPSA) is 37.4 Å². The summed E-state index contributed by atoms with van der Waals surface area (Å²) in [6.45, 7) is 0. The summed E-state index contributed by atoms with van der Waals surface area (Å²) >= 11 is 7.15. The zero-order valence-electron chi connectivity index (χ0n) is 14.0. The molecule has 1 unspecified atom stereocenters. The van der Waals surface area contributed by atoms with Gasteiger partial charge in [0.1, 0.15) is 0 Å². The van der Waals surface area contributed by atoms with E-state index in [1.165, 1.54) is 0 Å². The number of ketones is 1. The Morgan fingerprint density at radius 3 is 2.31 bits per heavy atom. The molecule has 1 aliphatic heterocycles. The highest BCUT2D eigenvalue weighted by Crippen LogP contribution is 2.45. The number of anilines is 1. The summed E-state index contributed by atoms with van der Waals surface area (Å²) < 4.78 is 1.80. The summed E-state index contributed by atoms with van der Waals surface area (Å²) in [6.07, 6.45) is 2.38. The normalized spacial score (nSPS) is 20.4. The lowest BCUT2D eigenvalue weighted by molar-refractivity contribution is -0.119. The summed E-state index contributed by atoms with van der Waals surface area (Å²) in [5, 5.41) is 0. The summed E-state index contributed by atoms with van der Waals surface area (Å²) in [7, 11) is 0. The number of benzene rings is 2. The second-order valence-corrected chi connectivity index (χ2v) is 8.30. The van der Waals surface area contributed by atoms with Crippen molar-refractivity contribution < 1.29 is 9.59 Å². The van der Waals surface area contributed by atoms with Crippen molar-refractivity contribution in [3.05, 3.63) is 74.3 Å². The highest BCUT2D eigenvalue weighted by atomic mass is 79.9. The van der Waals surface area contributed by atoms with Gasteiger partial charge in [-0.1, -0.05) is 46.3 Å². The lowest BCUT2D eigenvalue weighted by Crippen LogP contribution is -2.40. The Kier molecular flexibility index (Phi) is 4.84. The average molecular weight is 475 g/mol. The highest BCUT2D eigenvalue weighted by Gasteiger charge is 2.40. The Bertz CT molecular complexity index is 935. The van der Waals surface area contributed by atoms with Gasteiger partial charge >= 0.3 is 0 Å². The van der Waals surface area contributed by atoms with Crippen LogP contribution < -0.4 is 4.90 Å². The number of hydrogen-bond acceptors (Lipinski definition) is 2. The molecule has 0 saturated carbocycles. The van der Waals surface area contributed by atoms with E-state index in [2.05, 4.69) is 31.9 Å². The number of amides is 1. The van der Waals surface area contributed by atoms with Crippen molar-refractivity contribution in [3.8, 4) is 0 Å². The summed E-state index contributed by atoms with van der Waals surface area (Å²) in [5.41, 5.74) is 3.49. The highest BCUT2D eigenvalue weighted by molar-refractivity contribution is 9.10. The predicted molar refractivity (Wildman–Crippen MR) is 109 cm³/mol. The lowest BCUT2D eigenvalue weighted by Gasteiger charge is -2.39. The molecule has 132 valence electrons. The molecule has 2 aromatic carbocycles. The van der Waals surface area contributed by atoms with Crippen LogP contribution in [0.3, 0.4) is 0 Å². The molecular formula is C21H17Br2NO2. The molecule has 3 nitrogen and oxygen atoms in total. The molecule has 0 saturated heterocycles. The molecule has 2 aliphatic rings. The number of Topliss-reactive ketones (excluding diaryl/α,β-unsaturated/α-hetero) is 1. The third-order valence-electron chi connectivity index (χ3n) is 5.05. The molecule has 0 fully saturated rings. The van der Waals surface area contributed by atoms with E-state index in [9.17, 15) is 9.59 Å². The largest absolute Gasteiger partial charge is 0.294 e. The van der Waals surface area contributed by atoms with E-state index in [-0.39, 0.29) is 17.6 Å². The molecule has 0 aromatic heterocycles. The van der Waals surface area contributed by atoms with Crippen molar-refractivity contribution in [2.45, 2.75) is 31.6 Å². The molecule has 5 heteroatoms. The first kappa shape index (κ1) is 17.7. The maximum atomic E-state index is 13.1. The van der Waals surface area contributed by atoms with Crippen LogP contribution in [0.2, 0.25) is 0 Å². The number of para-hydroxylation sites is 1. The minimum Gasteiger partial charge on any atom is -0.294 e. The third kappa shape index (κ3) is 2.97. The monoisotopic (exact) mass is 473 g/mol. The van der Waals surface area contributed by atoms with Crippen molar-refractivity contribution in [2.75, 3.05) is 4.90 Å². The second kappa shape index (κ2) is 7.12. The fourth-order valence-electron chi connectivity index (χ4n) is 3.93. The Morgan fingerprint density at radius 1 is 0.885 bits per heavy atom. The number of nitrogens with zero attached hydrogens (tertiary/aromatic N) is 1. The van der Waals surface area contributed by atoms with Gasteiger partial charge in [0.15, 0.2) is 5.78 Å². The SMILES string of the molecule is O=C1CCCC2=C1C(c1ccccc1Br)CC(=O)N2c1ccccc1Br. The molecule has 0 radical (unpaired) electrons. The molecule has 1 amide bonds. The zero-order valence-corrected chi connectivity index (χ0v) is 17.2. The fourth-order valence-corrected chi connectivity index (χ4v) is 4.95. The van der Waals surface area contributed by atoms with E-state index in [4.69, 9.17) is 0 Å². The molecule has 2 aromatic rings. The summed E-state index contributed by atoms with van der Waals surface area (Å²) in [4.78, 5) is 27.8.